The fourth-order valence-electron chi connectivity index (χ4n) is 3.28. The smallest absolute Gasteiger partial charge is 0.390 e. The number of carbonyl (C=O) groups is 1. The highest BCUT2D eigenvalue weighted by molar-refractivity contribution is 7.24. The number of hydrogen-bond donors (Lipinski definition) is 3. The molecule has 2 aromatic heterocycles. The number of aromatic nitrogens is 4. The number of aliphatic hydroxyl groups excluding tert-OH is 1. The minimum atomic E-state index is -4.83. The van der Waals surface area contributed by atoms with Crippen LogP contribution < -0.4 is 5.32 Å². The minimum absolute atomic E-state index is 0.0415. The fraction of sp³-hybridized carbons (Fsp3) is 0.562. The van der Waals surface area contributed by atoms with E-state index in [9.17, 15) is 27.5 Å². The zero-order valence-corrected chi connectivity index (χ0v) is 17.1. The van der Waals surface area contributed by atoms with Crippen molar-refractivity contribution in [3.8, 4) is 0 Å². The average molecular weight is 469 g/mol. The number of ether oxygens (including phenoxy) is 1. The van der Waals surface area contributed by atoms with Gasteiger partial charge in [0.1, 0.15) is 31.0 Å². The molecule has 1 fully saturated rings. The molecule has 1 aliphatic carbocycles. The maximum atomic E-state index is 13.7. The van der Waals surface area contributed by atoms with Crippen LogP contribution in [0.25, 0.3) is 0 Å². The third-order valence-corrected chi connectivity index (χ3v) is 4.97. The summed E-state index contributed by atoms with van der Waals surface area (Å²) in [6.07, 6.45) is -7.08. The molecule has 1 amide bonds. The van der Waals surface area contributed by atoms with Gasteiger partial charge in [-0.15, -0.1) is 13.2 Å². The predicted molar refractivity (Wildman–Crippen MR) is 98.7 cm³/mol. The van der Waals surface area contributed by atoms with Crippen LogP contribution in [0.2, 0.25) is 0 Å². The second-order valence-corrected chi connectivity index (χ2v) is 7.37. The summed E-state index contributed by atoms with van der Waals surface area (Å²) in [7, 11) is 0.541. The van der Waals surface area contributed by atoms with Crippen LogP contribution in [0.15, 0.2) is 12.1 Å². The molecule has 3 N–H and O–H groups in total. The fourth-order valence-corrected chi connectivity index (χ4v) is 3.46. The first-order chi connectivity index (χ1) is 14.6. The molecule has 172 valence electrons. The van der Waals surface area contributed by atoms with Crippen molar-refractivity contribution >= 4 is 20.8 Å². The van der Waals surface area contributed by atoms with Gasteiger partial charge < -0.3 is 19.8 Å². The van der Waals surface area contributed by atoms with Crippen molar-refractivity contribution in [1.29, 1.82) is 0 Å². The maximum Gasteiger partial charge on any atom is 0.522 e. The lowest BCUT2D eigenvalue weighted by Crippen LogP contribution is -2.18. The molecule has 4 atom stereocenters. The SMILES string of the molecule is Cn1nc(COC(F)(F)F)cc1C(=O)Nc1cc(C2CC(O)C(F)C2)nn1COPO. The van der Waals surface area contributed by atoms with E-state index in [1.807, 2.05) is 0 Å². The van der Waals surface area contributed by atoms with Crippen molar-refractivity contribution in [2.45, 2.75) is 50.7 Å². The topological polar surface area (TPSA) is 124 Å². The van der Waals surface area contributed by atoms with E-state index in [0.717, 1.165) is 10.7 Å². The number of anilines is 1. The summed E-state index contributed by atoms with van der Waals surface area (Å²) in [6, 6.07) is 2.64. The van der Waals surface area contributed by atoms with Gasteiger partial charge in [0.15, 0.2) is 9.03 Å². The highest BCUT2D eigenvalue weighted by atomic mass is 31.1. The normalized spacial score (nSPS) is 22.0. The van der Waals surface area contributed by atoms with Crippen molar-refractivity contribution < 1.29 is 41.6 Å². The van der Waals surface area contributed by atoms with Crippen molar-refractivity contribution in [2.24, 2.45) is 7.05 Å². The number of aryl methyl sites for hydroxylation is 1. The van der Waals surface area contributed by atoms with Crippen LogP contribution in [-0.2, 0) is 29.6 Å². The summed E-state index contributed by atoms with van der Waals surface area (Å²) >= 11 is 0. The van der Waals surface area contributed by atoms with Crippen LogP contribution in [0.3, 0.4) is 0 Å². The number of rotatable bonds is 8. The van der Waals surface area contributed by atoms with E-state index >= 15 is 0 Å². The lowest BCUT2D eigenvalue weighted by Gasteiger charge is -2.08. The number of nitrogens with one attached hydrogen (secondary N) is 1. The highest BCUT2D eigenvalue weighted by Gasteiger charge is 2.35. The molecule has 0 bridgehead atoms. The molecule has 2 aromatic rings. The molecule has 15 heteroatoms. The highest BCUT2D eigenvalue weighted by Crippen LogP contribution is 2.36. The van der Waals surface area contributed by atoms with Crippen LogP contribution >= 0.6 is 9.03 Å². The van der Waals surface area contributed by atoms with Crippen LogP contribution in [-0.4, -0.2) is 54.1 Å². The molecule has 1 saturated carbocycles. The van der Waals surface area contributed by atoms with Gasteiger partial charge in [0.05, 0.1) is 17.5 Å². The van der Waals surface area contributed by atoms with Crippen molar-refractivity contribution in [2.75, 3.05) is 5.32 Å². The molecule has 0 radical (unpaired) electrons. The molecule has 0 saturated heterocycles. The van der Waals surface area contributed by atoms with Gasteiger partial charge in [0.25, 0.3) is 5.91 Å². The Morgan fingerprint density at radius 3 is 2.71 bits per heavy atom. The Labute approximate surface area is 175 Å². The molecule has 0 aromatic carbocycles. The quantitative estimate of drug-likeness (QED) is 0.399. The van der Waals surface area contributed by atoms with Gasteiger partial charge in [0, 0.05) is 19.0 Å². The summed E-state index contributed by atoms with van der Waals surface area (Å²) in [6.45, 7) is -1.07. The first kappa shape index (κ1) is 23.5. The van der Waals surface area contributed by atoms with Gasteiger partial charge in [-0.25, -0.2) is 9.07 Å². The minimum Gasteiger partial charge on any atom is -0.390 e. The largest absolute Gasteiger partial charge is 0.522 e. The van der Waals surface area contributed by atoms with E-state index in [1.165, 1.54) is 17.8 Å². The second-order valence-electron chi connectivity index (χ2n) is 6.90. The molecule has 0 aliphatic heterocycles. The predicted octanol–water partition coefficient (Wildman–Crippen LogP) is 1.96. The Morgan fingerprint density at radius 1 is 1.35 bits per heavy atom. The zero-order valence-electron chi connectivity index (χ0n) is 16.1. The molecular weight excluding hydrogens is 449 g/mol. The second kappa shape index (κ2) is 9.57. The van der Waals surface area contributed by atoms with Crippen molar-refractivity contribution in [1.82, 2.24) is 19.6 Å². The number of amides is 1. The molecule has 1 aliphatic rings. The van der Waals surface area contributed by atoms with Crippen LogP contribution in [0.5, 0.6) is 0 Å². The van der Waals surface area contributed by atoms with Gasteiger partial charge in [0.2, 0.25) is 0 Å². The monoisotopic (exact) mass is 469 g/mol. The van der Waals surface area contributed by atoms with Gasteiger partial charge in [-0.1, -0.05) is 0 Å². The number of halogens is 4. The third kappa shape index (κ3) is 5.98. The zero-order chi connectivity index (χ0) is 22.8. The van der Waals surface area contributed by atoms with Gasteiger partial charge in [-0.3, -0.25) is 14.2 Å². The Hall–Kier alpha value is -2.12. The average Bonchev–Trinajstić information content (AvgIpc) is 3.35. The van der Waals surface area contributed by atoms with Crippen LogP contribution in [0.4, 0.5) is 23.4 Å². The summed E-state index contributed by atoms with van der Waals surface area (Å²) in [5.41, 5.74) is 0.279. The summed E-state index contributed by atoms with van der Waals surface area (Å²) in [5.74, 6) is -0.909. The number of hydrogen-bond acceptors (Lipinski definition) is 7. The molecule has 31 heavy (non-hydrogen) atoms. The molecule has 2 heterocycles. The molecule has 10 nitrogen and oxygen atoms in total. The summed E-state index contributed by atoms with van der Waals surface area (Å²) < 4.78 is 61.3. The lowest BCUT2D eigenvalue weighted by atomic mass is 10.0. The van der Waals surface area contributed by atoms with Gasteiger partial charge >= 0.3 is 6.36 Å². The number of carbonyl (C=O) groups excluding carboxylic acids is 1. The number of aliphatic hydroxyl groups is 1. The Bertz CT molecular complexity index is 911. The summed E-state index contributed by atoms with van der Waals surface area (Å²) in [4.78, 5) is 21.5. The molecule has 4 unspecified atom stereocenters. The number of nitrogens with zero attached hydrogens (tertiary/aromatic N) is 4. The van der Waals surface area contributed by atoms with Crippen LogP contribution in [0, 0.1) is 0 Å². The van der Waals surface area contributed by atoms with Crippen LogP contribution in [0.1, 0.15) is 40.6 Å². The lowest BCUT2D eigenvalue weighted by molar-refractivity contribution is -0.330. The number of alkyl halides is 4. The van der Waals surface area contributed by atoms with Gasteiger partial charge in [-0.05, 0) is 18.9 Å². The Morgan fingerprint density at radius 2 is 2.10 bits per heavy atom. The first-order valence-corrected chi connectivity index (χ1v) is 9.88. The Kier molecular flexibility index (Phi) is 7.27. The third-order valence-electron chi connectivity index (χ3n) is 4.71. The van der Waals surface area contributed by atoms with E-state index < -0.39 is 40.2 Å². The van der Waals surface area contributed by atoms with Crippen molar-refractivity contribution in [3.05, 3.63) is 29.2 Å². The van der Waals surface area contributed by atoms with E-state index in [0.29, 0.717) is 5.69 Å². The van der Waals surface area contributed by atoms with E-state index in [4.69, 9.17) is 9.42 Å². The molecule has 0 spiro atoms. The summed E-state index contributed by atoms with van der Waals surface area (Å²) in [5, 5.41) is 20.3. The molecular formula is C16H20F4N5O5P. The van der Waals surface area contributed by atoms with Gasteiger partial charge in [-0.2, -0.15) is 10.2 Å². The Balaban J connectivity index is 1.76. The first-order valence-electron chi connectivity index (χ1n) is 9.03. The standard InChI is InChI=1S/C16H20F4N5O5P/c1-24-12(4-9(22-24)6-29-16(18,19)20)15(27)21-14-5-11(23-25(14)7-30-31-28)8-2-10(17)13(26)3-8/h4-5,8,10,13,26,28,31H,2-3,6-7H2,1H3,(H,21,27). The van der Waals surface area contributed by atoms with Crippen molar-refractivity contribution in [3.63, 3.8) is 0 Å². The maximum absolute atomic E-state index is 13.7. The molecule has 3 rings (SSSR count). The van der Waals surface area contributed by atoms with E-state index in [2.05, 4.69) is 20.3 Å². The van der Waals surface area contributed by atoms with E-state index in [1.54, 1.807) is 0 Å². The van der Waals surface area contributed by atoms with E-state index in [-0.39, 0.29) is 42.7 Å².